The van der Waals surface area contributed by atoms with E-state index in [0.717, 1.165) is 25.9 Å². The van der Waals surface area contributed by atoms with Crippen molar-refractivity contribution in [2.45, 2.75) is 63.8 Å². The number of carbonyl (C=O) groups is 2. The lowest BCUT2D eigenvalue weighted by molar-refractivity contribution is 0.100. The highest BCUT2D eigenvalue weighted by atomic mass is 32.2. The Morgan fingerprint density at radius 3 is 2.29 bits per heavy atom. The number of piperidine rings is 1. The van der Waals surface area contributed by atoms with Crippen molar-refractivity contribution in [1.82, 2.24) is 9.71 Å². The molecule has 1 aromatic carbocycles. The first kappa shape index (κ1) is 24.3. The first-order chi connectivity index (χ1) is 15.9. The topological polar surface area (TPSA) is 108 Å². The third kappa shape index (κ3) is 5.47. The molecule has 1 aliphatic heterocycles. The number of amides is 1. The predicted molar refractivity (Wildman–Crippen MR) is 132 cm³/mol. The zero-order chi connectivity index (χ0) is 24.7. The first-order valence-corrected chi connectivity index (χ1v) is 13.1. The van der Waals surface area contributed by atoms with Gasteiger partial charge in [-0.3, -0.25) is 9.59 Å². The van der Waals surface area contributed by atoms with E-state index in [1.807, 2.05) is 0 Å². The third-order valence-electron chi connectivity index (χ3n) is 6.40. The van der Waals surface area contributed by atoms with Crippen LogP contribution < -0.4 is 14.9 Å². The number of ketones is 1. The van der Waals surface area contributed by atoms with E-state index >= 15 is 0 Å². The monoisotopic (exact) mass is 484 g/mol. The summed E-state index contributed by atoms with van der Waals surface area (Å²) in [4.78, 5) is 31.9. The minimum Gasteiger partial charge on any atom is -0.356 e. The van der Waals surface area contributed by atoms with Crippen molar-refractivity contribution >= 4 is 33.2 Å². The molecular formula is C25H32N4O4S. The maximum Gasteiger partial charge on any atom is 0.259 e. The van der Waals surface area contributed by atoms with Gasteiger partial charge in [0.15, 0.2) is 5.78 Å². The smallest absolute Gasteiger partial charge is 0.259 e. The van der Waals surface area contributed by atoms with Crippen molar-refractivity contribution in [3.8, 4) is 0 Å². The van der Waals surface area contributed by atoms with Gasteiger partial charge in [-0.1, -0.05) is 6.07 Å². The van der Waals surface area contributed by atoms with Crippen LogP contribution >= 0.6 is 0 Å². The van der Waals surface area contributed by atoms with Gasteiger partial charge in [-0.2, -0.15) is 0 Å². The van der Waals surface area contributed by atoms with Crippen LogP contribution in [0.2, 0.25) is 0 Å². The first-order valence-electron chi connectivity index (χ1n) is 11.6. The summed E-state index contributed by atoms with van der Waals surface area (Å²) in [5, 5.41) is 2.81. The molecule has 34 heavy (non-hydrogen) atoms. The van der Waals surface area contributed by atoms with Gasteiger partial charge in [0.25, 0.3) is 5.91 Å². The average Bonchev–Trinajstić information content (AvgIpc) is 3.51. The second kappa shape index (κ2) is 8.78. The molecule has 9 heteroatoms. The van der Waals surface area contributed by atoms with Crippen LogP contribution in [0.25, 0.3) is 0 Å². The number of pyridine rings is 1. The van der Waals surface area contributed by atoms with Gasteiger partial charge in [0.2, 0.25) is 10.0 Å². The Kier molecular flexibility index (Phi) is 6.29. The van der Waals surface area contributed by atoms with Gasteiger partial charge in [-0.05, 0) is 82.2 Å². The molecule has 1 saturated carbocycles. The van der Waals surface area contributed by atoms with Gasteiger partial charge in [0.05, 0.1) is 10.5 Å². The Hall–Kier alpha value is -2.78. The molecule has 2 aromatic rings. The van der Waals surface area contributed by atoms with Crippen molar-refractivity contribution in [2.24, 2.45) is 5.41 Å². The molecule has 8 nitrogen and oxygen atoms in total. The molecule has 2 aliphatic rings. The van der Waals surface area contributed by atoms with Crippen LogP contribution in [0.4, 0.5) is 11.5 Å². The van der Waals surface area contributed by atoms with Crippen molar-refractivity contribution in [3.63, 3.8) is 0 Å². The number of rotatable bonds is 6. The Bertz CT molecular complexity index is 1220. The van der Waals surface area contributed by atoms with E-state index in [2.05, 4.69) is 19.9 Å². The Balaban J connectivity index is 1.59. The van der Waals surface area contributed by atoms with Gasteiger partial charge in [-0.15, -0.1) is 0 Å². The zero-order valence-electron chi connectivity index (χ0n) is 20.1. The molecular weight excluding hydrogens is 452 g/mol. The second-order valence-electron chi connectivity index (χ2n) is 10.4. The fourth-order valence-corrected chi connectivity index (χ4v) is 5.80. The summed E-state index contributed by atoms with van der Waals surface area (Å²) >= 11 is 0. The number of aromatic nitrogens is 1. The number of anilines is 2. The molecule has 0 atom stereocenters. The molecule has 182 valence electrons. The quantitative estimate of drug-likeness (QED) is 0.600. The molecule has 1 aromatic heterocycles. The highest BCUT2D eigenvalue weighted by Gasteiger charge is 2.45. The number of hydrogen-bond donors (Lipinski definition) is 2. The van der Waals surface area contributed by atoms with Crippen molar-refractivity contribution in [3.05, 3.63) is 47.7 Å². The molecule has 1 spiro atoms. The lowest BCUT2D eigenvalue weighted by Gasteiger charge is -2.34. The van der Waals surface area contributed by atoms with E-state index < -0.39 is 21.5 Å². The van der Waals surface area contributed by atoms with Gasteiger partial charge in [-0.25, -0.2) is 18.1 Å². The van der Waals surface area contributed by atoms with Crippen LogP contribution in [0.3, 0.4) is 0 Å². The van der Waals surface area contributed by atoms with Crippen LogP contribution in [0.15, 0.2) is 41.3 Å². The Morgan fingerprint density at radius 2 is 1.71 bits per heavy atom. The highest BCUT2D eigenvalue weighted by molar-refractivity contribution is 7.89. The van der Waals surface area contributed by atoms with Crippen LogP contribution in [0.1, 0.15) is 74.2 Å². The van der Waals surface area contributed by atoms with E-state index in [9.17, 15) is 18.0 Å². The normalized spacial score (nSPS) is 17.5. The minimum absolute atomic E-state index is 0.0660. The maximum absolute atomic E-state index is 13.3. The third-order valence-corrected chi connectivity index (χ3v) is 8.16. The van der Waals surface area contributed by atoms with E-state index in [0.29, 0.717) is 28.2 Å². The van der Waals surface area contributed by atoms with Crippen molar-refractivity contribution in [1.29, 1.82) is 0 Å². The lowest BCUT2D eigenvalue weighted by atomic mass is 9.93. The molecule has 1 aliphatic carbocycles. The second-order valence-corrected chi connectivity index (χ2v) is 12.1. The summed E-state index contributed by atoms with van der Waals surface area (Å²) in [5.74, 6) is -0.0605. The summed E-state index contributed by atoms with van der Waals surface area (Å²) in [6.07, 6.45) is 4.64. The number of benzene rings is 1. The molecule has 2 N–H and O–H groups in total. The fraction of sp³-hybridized carbons (Fsp3) is 0.480. The number of nitrogens with zero attached hydrogens (tertiary/aromatic N) is 2. The Labute approximate surface area is 201 Å². The molecule has 0 radical (unpaired) electrons. The number of Topliss-reactive ketones (excluding diaryl/α,β-unsaturated/α-hetero) is 1. The largest absolute Gasteiger partial charge is 0.356 e. The molecule has 1 saturated heterocycles. The fourth-order valence-electron chi connectivity index (χ4n) is 4.33. The van der Waals surface area contributed by atoms with E-state index in [1.165, 1.54) is 31.9 Å². The summed E-state index contributed by atoms with van der Waals surface area (Å²) < 4.78 is 28.0. The maximum atomic E-state index is 13.3. The Morgan fingerprint density at radius 1 is 1.03 bits per heavy atom. The number of nitrogens with one attached hydrogen (secondary N) is 2. The van der Waals surface area contributed by atoms with Gasteiger partial charge in [0, 0.05) is 31.2 Å². The molecule has 4 rings (SSSR count). The van der Waals surface area contributed by atoms with E-state index in [4.69, 9.17) is 0 Å². The van der Waals surface area contributed by atoms with Gasteiger partial charge in [0.1, 0.15) is 11.5 Å². The van der Waals surface area contributed by atoms with Crippen LogP contribution in [-0.2, 0) is 10.0 Å². The number of carbonyl (C=O) groups excluding carboxylic acids is 2. The SMILES string of the molecule is CC(=O)c1ccc(C(=O)Nc2cccc(S(=O)(=O)NC(C)(C)C)c2)c(N2CCC3(CC2)CC3)n1. The van der Waals surface area contributed by atoms with Crippen LogP contribution in [0, 0.1) is 5.41 Å². The summed E-state index contributed by atoms with van der Waals surface area (Å²) in [5.41, 5.74) is 0.866. The van der Waals surface area contributed by atoms with Crippen molar-refractivity contribution < 1.29 is 18.0 Å². The summed E-state index contributed by atoms with van der Waals surface area (Å²) in [7, 11) is -3.75. The van der Waals surface area contributed by atoms with Crippen LogP contribution in [-0.4, -0.2) is 43.7 Å². The standard InChI is InChI=1S/C25H32N4O4S/c1-17(30)21-9-8-20(22(27-21)29-14-12-25(10-11-25)13-15-29)23(31)26-18-6-5-7-19(16-18)34(32,33)28-24(2,3)4/h5-9,16,28H,10-15H2,1-4H3,(H,26,31). The highest BCUT2D eigenvalue weighted by Crippen LogP contribution is 2.54. The predicted octanol–water partition coefficient (Wildman–Crippen LogP) is 3.99. The average molecular weight is 485 g/mol. The van der Waals surface area contributed by atoms with Crippen LogP contribution in [0.5, 0.6) is 0 Å². The number of hydrogen-bond acceptors (Lipinski definition) is 6. The summed E-state index contributed by atoms with van der Waals surface area (Å²) in [6, 6.07) is 9.33. The molecule has 0 unspecified atom stereocenters. The molecule has 2 fully saturated rings. The van der Waals surface area contributed by atoms with Gasteiger partial charge < -0.3 is 10.2 Å². The number of sulfonamides is 1. The summed E-state index contributed by atoms with van der Waals surface area (Å²) in [6.45, 7) is 8.34. The molecule has 1 amide bonds. The molecule has 2 heterocycles. The molecule has 0 bridgehead atoms. The van der Waals surface area contributed by atoms with E-state index in [1.54, 1.807) is 45.0 Å². The minimum atomic E-state index is -3.75. The zero-order valence-corrected chi connectivity index (χ0v) is 21.0. The van der Waals surface area contributed by atoms with E-state index in [-0.39, 0.29) is 10.7 Å². The van der Waals surface area contributed by atoms with Crippen molar-refractivity contribution in [2.75, 3.05) is 23.3 Å². The lowest BCUT2D eigenvalue weighted by Crippen LogP contribution is -2.40. The van der Waals surface area contributed by atoms with Gasteiger partial charge >= 0.3 is 0 Å².